The maximum atomic E-state index is 8.79. The molecule has 5 heteroatoms. The molecule has 1 saturated heterocycles. The first-order valence-electron chi connectivity index (χ1n) is 5.19. The third-order valence-corrected chi connectivity index (χ3v) is 2.96. The highest BCUT2D eigenvalue weighted by Crippen LogP contribution is 2.25. The number of rotatable bonds is 3. The van der Waals surface area contributed by atoms with Crippen LogP contribution in [0, 0.1) is 17.2 Å². The number of nitrogens with one attached hydrogen (secondary N) is 1. The minimum Gasteiger partial charge on any atom is -0.476 e. The summed E-state index contributed by atoms with van der Waals surface area (Å²) >= 11 is 5.97. The predicted molar refractivity (Wildman–Crippen MR) is 60.4 cm³/mol. The molecular formula is C11H12ClN3O. The van der Waals surface area contributed by atoms with E-state index in [0.717, 1.165) is 19.5 Å². The van der Waals surface area contributed by atoms with Crippen LogP contribution in [0.4, 0.5) is 0 Å². The van der Waals surface area contributed by atoms with Crippen molar-refractivity contribution in [3.8, 4) is 11.9 Å². The smallest absolute Gasteiger partial charge is 0.233 e. The molecule has 0 bridgehead atoms. The van der Waals surface area contributed by atoms with Crippen LogP contribution in [0.5, 0.6) is 5.88 Å². The number of pyridine rings is 1. The number of nitriles is 1. The summed E-state index contributed by atoms with van der Waals surface area (Å²) in [5.41, 5.74) is 0.399. The Morgan fingerprint density at radius 2 is 2.56 bits per heavy atom. The first-order valence-corrected chi connectivity index (χ1v) is 5.57. The molecule has 0 spiro atoms. The summed E-state index contributed by atoms with van der Waals surface area (Å²) in [6.07, 6.45) is 2.64. The van der Waals surface area contributed by atoms with Gasteiger partial charge in [0.05, 0.1) is 12.2 Å². The molecule has 0 amide bonds. The summed E-state index contributed by atoms with van der Waals surface area (Å²) in [5, 5.41) is 12.4. The van der Waals surface area contributed by atoms with Gasteiger partial charge in [0.2, 0.25) is 5.88 Å². The Bertz CT molecular complexity index is 410. The van der Waals surface area contributed by atoms with E-state index < -0.39 is 0 Å². The van der Waals surface area contributed by atoms with Crippen molar-refractivity contribution >= 4 is 11.6 Å². The highest BCUT2D eigenvalue weighted by Gasteiger charge is 2.16. The van der Waals surface area contributed by atoms with Gasteiger partial charge in [-0.15, -0.1) is 0 Å². The summed E-state index contributed by atoms with van der Waals surface area (Å²) in [6.45, 7) is 2.59. The van der Waals surface area contributed by atoms with E-state index in [9.17, 15) is 0 Å². The van der Waals surface area contributed by atoms with Crippen LogP contribution in [0.1, 0.15) is 12.0 Å². The zero-order valence-corrected chi connectivity index (χ0v) is 9.50. The molecule has 1 fully saturated rings. The maximum Gasteiger partial charge on any atom is 0.233 e. The fraction of sp³-hybridized carbons (Fsp3) is 0.455. The lowest BCUT2D eigenvalue weighted by molar-refractivity contribution is 0.251. The van der Waals surface area contributed by atoms with Crippen molar-refractivity contribution in [1.29, 1.82) is 5.26 Å². The van der Waals surface area contributed by atoms with Gasteiger partial charge in [-0.05, 0) is 19.0 Å². The van der Waals surface area contributed by atoms with Crippen molar-refractivity contribution in [2.24, 2.45) is 5.92 Å². The SMILES string of the molecule is N#Cc1ccnc(OCC2CCNC2)c1Cl. The largest absolute Gasteiger partial charge is 0.476 e. The van der Waals surface area contributed by atoms with Gasteiger partial charge in [0.25, 0.3) is 0 Å². The van der Waals surface area contributed by atoms with Crippen molar-refractivity contribution in [3.63, 3.8) is 0 Å². The van der Waals surface area contributed by atoms with Crippen molar-refractivity contribution in [2.75, 3.05) is 19.7 Å². The molecule has 0 radical (unpaired) electrons. The summed E-state index contributed by atoms with van der Waals surface area (Å²) in [6, 6.07) is 3.58. The van der Waals surface area contributed by atoms with Crippen molar-refractivity contribution in [2.45, 2.75) is 6.42 Å². The minimum atomic E-state index is 0.302. The van der Waals surface area contributed by atoms with Crippen molar-refractivity contribution < 1.29 is 4.74 Å². The van der Waals surface area contributed by atoms with E-state index in [1.807, 2.05) is 6.07 Å². The molecule has 84 valence electrons. The van der Waals surface area contributed by atoms with Crippen LogP contribution in [-0.2, 0) is 0 Å². The van der Waals surface area contributed by atoms with Crippen LogP contribution in [-0.4, -0.2) is 24.7 Å². The van der Waals surface area contributed by atoms with Crippen molar-refractivity contribution in [3.05, 3.63) is 22.8 Å². The molecule has 1 aliphatic heterocycles. The third kappa shape index (κ3) is 2.43. The van der Waals surface area contributed by atoms with Crippen LogP contribution in [0.3, 0.4) is 0 Å². The Morgan fingerprint density at radius 1 is 1.69 bits per heavy atom. The van der Waals surface area contributed by atoms with E-state index >= 15 is 0 Å². The van der Waals surface area contributed by atoms with Gasteiger partial charge < -0.3 is 10.1 Å². The van der Waals surface area contributed by atoms with Gasteiger partial charge in [0, 0.05) is 18.7 Å². The molecule has 1 unspecified atom stereocenters. The molecule has 0 aromatic carbocycles. The molecule has 1 aromatic heterocycles. The molecule has 2 heterocycles. The summed E-state index contributed by atoms with van der Waals surface area (Å²) in [7, 11) is 0. The Morgan fingerprint density at radius 3 is 3.25 bits per heavy atom. The van der Waals surface area contributed by atoms with Crippen LogP contribution in [0.25, 0.3) is 0 Å². The Kier molecular flexibility index (Phi) is 3.60. The lowest BCUT2D eigenvalue weighted by atomic mass is 10.1. The van der Waals surface area contributed by atoms with Gasteiger partial charge in [-0.1, -0.05) is 11.6 Å². The maximum absolute atomic E-state index is 8.79. The first kappa shape index (κ1) is 11.2. The number of ether oxygens (including phenoxy) is 1. The van der Waals surface area contributed by atoms with E-state index in [-0.39, 0.29) is 0 Å². The highest BCUT2D eigenvalue weighted by atomic mass is 35.5. The average Bonchev–Trinajstić information content (AvgIpc) is 2.81. The molecule has 1 N–H and O–H groups in total. The second-order valence-corrected chi connectivity index (χ2v) is 4.14. The van der Waals surface area contributed by atoms with Crippen LogP contribution in [0.15, 0.2) is 12.3 Å². The van der Waals surface area contributed by atoms with Crippen LogP contribution < -0.4 is 10.1 Å². The van der Waals surface area contributed by atoms with E-state index in [4.69, 9.17) is 21.6 Å². The molecule has 1 atom stereocenters. The number of nitrogens with zero attached hydrogens (tertiary/aromatic N) is 2. The van der Waals surface area contributed by atoms with Gasteiger partial charge in [0.15, 0.2) is 0 Å². The predicted octanol–water partition coefficient (Wildman–Crippen LogP) is 1.59. The monoisotopic (exact) mass is 237 g/mol. The Balaban J connectivity index is 2.01. The van der Waals surface area contributed by atoms with Gasteiger partial charge >= 0.3 is 0 Å². The van der Waals surface area contributed by atoms with E-state index in [1.165, 1.54) is 6.20 Å². The quantitative estimate of drug-likeness (QED) is 0.868. The average molecular weight is 238 g/mol. The molecule has 0 saturated carbocycles. The molecule has 4 nitrogen and oxygen atoms in total. The minimum absolute atomic E-state index is 0.302. The molecule has 16 heavy (non-hydrogen) atoms. The summed E-state index contributed by atoms with van der Waals surface area (Å²) < 4.78 is 5.53. The first-order chi connectivity index (χ1) is 7.81. The third-order valence-electron chi connectivity index (χ3n) is 2.60. The van der Waals surface area contributed by atoms with Crippen LogP contribution in [0.2, 0.25) is 5.02 Å². The molecular weight excluding hydrogens is 226 g/mol. The number of aromatic nitrogens is 1. The molecule has 1 aromatic rings. The van der Waals surface area contributed by atoms with Gasteiger partial charge in [-0.2, -0.15) is 5.26 Å². The number of hydrogen-bond acceptors (Lipinski definition) is 4. The van der Waals surface area contributed by atoms with E-state index in [1.54, 1.807) is 6.07 Å². The number of halogens is 1. The van der Waals surface area contributed by atoms with E-state index in [2.05, 4.69) is 10.3 Å². The standard InChI is InChI=1S/C11H12ClN3O/c12-10-9(5-13)2-4-15-11(10)16-7-8-1-3-14-6-8/h2,4,8,14H,1,3,6-7H2. The van der Waals surface area contributed by atoms with Gasteiger partial charge in [-0.3, -0.25) is 0 Å². The van der Waals surface area contributed by atoms with Gasteiger partial charge in [0.1, 0.15) is 11.1 Å². The zero-order chi connectivity index (χ0) is 11.4. The number of hydrogen-bond donors (Lipinski definition) is 1. The summed E-state index contributed by atoms with van der Waals surface area (Å²) in [5.74, 6) is 0.858. The lowest BCUT2D eigenvalue weighted by Gasteiger charge is -2.11. The molecule has 1 aliphatic rings. The second-order valence-electron chi connectivity index (χ2n) is 3.76. The second kappa shape index (κ2) is 5.15. The van der Waals surface area contributed by atoms with Gasteiger partial charge in [-0.25, -0.2) is 4.98 Å². The van der Waals surface area contributed by atoms with Crippen molar-refractivity contribution in [1.82, 2.24) is 10.3 Å². The lowest BCUT2D eigenvalue weighted by Crippen LogP contribution is -2.16. The Hall–Kier alpha value is -1.31. The normalized spacial score (nSPS) is 19.4. The highest BCUT2D eigenvalue weighted by molar-refractivity contribution is 6.32. The zero-order valence-electron chi connectivity index (χ0n) is 8.74. The molecule has 2 rings (SSSR count). The van der Waals surface area contributed by atoms with E-state index in [0.29, 0.717) is 29.0 Å². The van der Waals surface area contributed by atoms with Crippen LogP contribution >= 0.6 is 11.6 Å². The molecule has 0 aliphatic carbocycles. The Labute approximate surface area is 99.2 Å². The fourth-order valence-electron chi connectivity index (χ4n) is 1.66. The fourth-order valence-corrected chi connectivity index (χ4v) is 1.87. The summed E-state index contributed by atoms with van der Waals surface area (Å²) in [4.78, 5) is 4.02. The topological polar surface area (TPSA) is 57.9 Å².